The molecule has 0 saturated carbocycles. The van der Waals surface area contributed by atoms with Gasteiger partial charge in [0.1, 0.15) is 0 Å². The molecule has 2 N–H and O–H groups in total. The number of rotatable bonds is 37. The number of ether oxygens (including phenoxy) is 1. The molecule has 0 aliphatic rings. The van der Waals surface area contributed by atoms with Crippen molar-refractivity contribution in [3.05, 3.63) is 0 Å². The van der Waals surface area contributed by atoms with Crippen LogP contribution in [0.4, 0.5) is 0 Å². The summed E-state index contributed by atoms with van der Waals surface area (Å²) in [6.07, 6.45) is 42.8. The number of carbonyl (C=O) groups is 2. The number of esters is 1. The molecule has 0 bridgehead atoms. The van der Waals surface area contributed by atoms with Gasteiger partial charge in [0.05, 0.1) is 6.61 Å². The number of unbranched alkanes of at least 4 members (excludes halogenated alkanes) is 30. The Bertz CT molecular complexity index is 608. The molecule has 0 aliphatic carbocycles. The fourth-order valence-electron chi connectivity index (χ4n) is 6.08. The second-order valence-corrected chi connectivity index (χ2v) is 14.2. The van der Waals surface area contributed by atoms with Crippen LogP contribution in [0, 0.1) is 0 Å². The van der Waals surface area contributed by atoms with E-state index in [0.29, 0.717) is 19.4 Å². The molecule has 0 heterocycles. The van der Waals surface area contributed by atoms with E-state index in [-0.39, 0.29) is 5.97 Å². The van der Waals surface area contributed by atoms with E-state index in [1.54, 1.807) is 0 Å². The summed E-state index contributed by atoms with van der Waals surface area (Å²) in [4.78, 5) is 22.1. The van der Waals surface area contributed by atoms with Crippen molar-refractivity contribution in [1.29, 1.82) is 0 Å². The van der Waals surface area contributed by atoms with E-state index < -0.39 is 12.1 Å². The molecular weight excluding hydrogens is 584 g/mol. The van der Waals surface area contributed by atoms with E-state index in [1.165, 1.54) is 186 Å². The van der Waals surface area contributed by atoms with Crippen LogP contribution in [0.3, 0.4) is 0 Å². The van der Waals surface area contributed by atoms with E-state index in [1.807, 2.05) is 0 Å². The van der Waals surface area contributed by atoms with Crippen molar-refractivity contribution in [2.75, 3.05) is 6.61 Å². The second-order valence-electron chi connectivity index (χ2n) is 14.2. The molecule has 0 rings (SSSR count). The SMILES string of the molecule is CCCCCCCCCCCCCCCC(=O)OCCCCCCCC.CCCCCCCCCCCCCCCCC(O)C(=O)O. The summed E-state index contributed by atoms with van der Waals surface area (Å²) in [5.74, 6) is -1.08. The molecule has 5 nitrogen and oxygen atoms in total. The first-order chi connectivity index (χ1) is 23.0. The number of carbonyl (C=O) groups excluding carboxylic acids is 1. The molecule has 0 aromatic carbocycles. The third-order valence-electron chi connectivity index (χ3n) is 9.36. The van der Waals surface area contributed by atoms with Crippen LogP contribution < -0.4 is 0 Å². The zero-order valence-electron chi connectivity index (χ0n) is 32.2. The van der Waals surface area contributed by atoms with Crippen molar-refractivity contribution in [2.45, 2.75) is 252 Å². The first-order valence-electron chi connectivity index (χ1n) is 21.1. The van der Waals surface area contributed by atoms with E-state index in [0.717, 1.165) is 25.7 Å². The highest BCUT2D eigenvalue weighted by Gasteiger charge is 2.11. The average Bonchev–Trinajstić information content (AvgIpc) is 3.06. The fourth-order valence-corrected chi connectivity index (χ4v) is 6.08. The first-order valence-corrected chi connectivity index (χ1v) is 21.1. The molecule has 0 aromatic heterocycles. The monoisotopic (exact) mass is 669 g/mol. The summed E-state index contributed by atoms with van der Waals surface area (Å²) < 4.78 is 5.32. The Hall–Kier alpha value is -1.10. The Kier molecular flexibility index (Phi) is 43.8. The Balaban J connectivity index is 0. The van der Waals surface area contributed by atoms with Crippen LogP contribution in [0.1, 0.15) is 245 Å². The maximum atomic E-state index is 11.7. The average molecular weight is 669 g/mol. The normalized spacial score (nSPS) is 11.7. The molecule has 47 heavy (non-hydrogen) atoms. The number of aliphatic carboxylic acids is 1. The fraction of sp³-hybridized carbons (Fsp3) is 0.952. The lowest BCUT2D eigenvalue weighted by Crippen LogP contribution is -2.18. The molecular formula is C42H84O5. The number of aliphatic hydroxyl groups excluding tert-OH is 1. The van der Waals surface area contributed by atoms with Crippen LogP contribution in [0.15, 0.2) is 0 Å². The van der Waals surface area contributed by atoms with E-state index in [4.69, 9.17) is 14.9 Å². The third-order valence-corrected chi connectivity index (χ3v) is 9.36. The van der Waals surface area contributed by atoms with Crippen molar-refractivity contribution in [2.24, 2.45) is 0 Å². The van der Waals surface area contributed by atoms with E-state index >= 15 is 0 Å². The van der Waals surface area contributed by atoms with Gasteiger partial charge in [0.15, 0.2) is 6.10 Å². The van der Waals surface area contributed by atoms with E-state index in [2.05, 4.69) is 20.8 Å². The molecule has 0 aliphatic heterocycles. The smallest absolute Gasteiger partial charge is 0.332 e. The van der Waals surface area contributed by atoms with Crippen LogP contribution in [0.5, 0.6) is 0 Å². The number of hydrogen-bond acceptors (Lipinski definition) is 4. The summed E-state index contributed by atoms with van der Waals surface area (Å²) in [5.41, 5.74) is 0. The van der Waals surface area contributed by atoms with Gasteiger partial charge in [0, 0.05) is 6.42 Å². The zero-order chi connectivity index (χ0) is 34.9. The number of aliphatic hydroxyl groups is 1. The van der Waals surface area contributed by atoms with Crippen molar-refractivity contribution in [1.82, 2.24) is 0 Å². The van der Waals surface area contributed by atoms with Gasteiger partial charge in [0.2, 0.25) is 0 Å². The lowest BCUT2D eigenvalue weighted by atomic mass is 10.0. The van der Waals surface area contributed by atoms with Gasteiger partial charge in [-0.1, -0.05) is 220 Å². The number of hydrogen-bond donors (Lipinski definition) is 2. The van der Waals surface area contributed by atoms with Crippen molar-refractivity contribution in [3.63, 3.8) is 0 Å². The van der Waals surface area contributed by atoms with Gasteiger partial charge in [0.25, 0.3) is 0 Å². The lowest BCUT2D eigenvalue weighted by Gasteiger charge is -2.05. The Labute approximate surface area is 294 Å². The molecule has 282 valence electrons. The van der Waals surface area contributed by atoms with Crippen LogP contribution in [-0.2, 0) is 14.3 Å². The molecule has 5 heteroatoms. The maximum Gasteiger partial charge on any atom is 0.332 e. The van der Waals surface area contributed by atoms with Crippen molar-refractivity contribution >= 4 is 11.9 Å². The summed E-state index contributed by atoms with van der Waals surface area (Å²) in [6.45, 7) is 7.40. The standard InChI is InChI=1S/C24H48O2.C18H36O3/c1-3-5-7-9-11-12-13-14-15-16-17-18-20-22-24(25)26-23-21-19-10-8-6-4-2;1-2-3-4-5-6-7-8-9-10-11-12-13-14-15-16-17(19)18(20)21/h3-23H2,1-2H3;17,19H,2-16H2,1H3,(H,20,21). The molecule has 0 fully saturated rings. The first kappa shape index (κ1) is 48.0. The molecule has 1 unspecified atom stereocenters. The van der Waals surface area contributed by atoms with Gasteiger partial charge < -0.3 is 14.9 Å². The minimum atomic E-state index is -1.16. The minimum Gasteiger partial charge on any atom is -0.479 e. The van der Waals surface area contributed by atoms with Crippen LogP contribution in [-0.4, -0.2) is 34.9 Å². The van der Waals surface area contributed by atoms with Gasteiger partial charge >= 0.3 is 11.9 Å². The van der Waals surface area contributed by atoms with Crippen molar-refractivity contribution < 1.29 is 24.5 Å². The molecule has 1 atom stereocenters. The Morgan fingerprint density at radius 2 is 0.702 bits per heavy atom. The van der Waals surface area contributed by atoms with Gasteiger partial charge in [-0.2, -0.15) is 0 Å². The summed E-state index contributed by atoms with van der Waals surface area (Å²) >= 11 is 0. The van der Waals surface area contributed by atoms with Crippen LogP contribution >= 0.6 is 0 Å². The molecule has 0 aromatic rings. The van der Waals surface area contributed by atoms with Gasteiger partial charge in [-0.05, 0) is 19.3 Å². The molecule has 0 amide bonds. The van der Waals surface area contributed by atoms with Gasteiger partial charge in [-0.25, -0.2) is 4.79 Å². The molecule has 0 saturated heterocycles. The minimum absolute atomic E-state index is 0.0154. The Morgan fingerprint density at radius 1 is 0.426 bits per heavy atom. The lowest BCUT2D eigenvalue weighted by molar-refractivity contribution is -0.147. The predicted octanol–water partition coefficient (Wildman–Crippen LogP) is 13.7. The molecule has 0 spiro atoms. The maximum absolute atomic E-state index is 11.7. The third kappa shape index (κ3) is 44.9. The van der Waals surface area contributed by atoms with Gasteiger partial charge in [-0.15, -0.1) is 0 Å². The Morgan fingerprint density at radius 3 is 1.02 bits per heavy atom. The van der Waals surface area contributed by atoms with Crippen LogP contribution in [0.25, 0.3) is 0 Å². The molecule has 0 radical (unpaired) electrons. The van der Waals surface area contributed by atoms with E-state index in [9.17, 15) is 9.59 Å². The summed E-state index contributed by atoms with van der Waals surface area (Å²) in [5, 5.41) is 17.7. The summed E-state index contributed by atoms with van der Waals surface area (Å²) in [7, 11) is 0. The van der Waals surface area contributed by atoms with Gasteiger partial charge in [-0.3, -0.25) is 4.79 Å². The largest absolute Gasteiger partial charge is 0.479 e. The number of carboxylic acid groups (broad SMARTS) is 1. The second kappa shape index (κ2) is 42.9. The topological polar surface area (TPSA) is 83.8 Å². The predicted molar refractivity (Wildman–Crippen MR) is 203 cm³/mol. The zero-order valence-corrected chi connectivity index (χ0v) is 32.2. The quantitative estimate of drug-likeness (QED) is 0.0508. The number of carboxylic acids is 1. The van der Waals surface area contributed by atoms with Crippen molar-refractivity contribution in [3.8, 4) is 0 Å². The highest BCUT2D eigenvalue weighted by molar-refractivity contribution is 5.71. The summed E-state index contributed by atoms with van der Waals surface area (Å²) in [6, 6.07) is 0. The van der Waals surface area contributed by atoms with Crippen LogP contribution in [0.2, 0.25) is 0 Å². The highest BCUT2D eigenvalue weighted by Crippen LogP contribution is 2.15. The highest BCUT2D eigenvalue weighted by atomic mass is 16.5.